The fourth-order valence-electron chi connectivity index (χ4n) is 9.45. The fourth-order valence-corrected chi connectivity index (χ4v) is 9.45. The number of nitrogens with one attached hydrogen (secondary N) is 1. The number of aliphatic hydroxyl groups is 8. The first-order valence-electron chi connectivity index (χ1n) is 28.6. The first-order valence-corrected chi connectivity index (χ1v) is 28.6. The Hall–Kier alpha value is -1.53. The SMILES string of the molecule is CCCC/C=C\CCCCCCCC(=O)NC(COC1OC(CO)C(OC2OC(CO)C(O)C(O)C2O)C(O)C1O)C(O)/C=C/CCCCCCCCCCCCCCCCCCCCCCCCC. The molecule has 2 aliphatic rings. The Labute approximate surface area is 424 Å². The monoisotopic (exact) mass is 1000 g/mol. The molecule has 12 unspecified atom stereocenters. The van der Waals surface area contributed by atoms with Crippen molar-refractivity contribution in [1.29, 1.82) is 0 Å². The predicted molar refractivity (Wildman–Crippen MR) is 277 cm³/mol. The van der Waals surface area contributed by atoms with Crippen LogP contribution in [-0.2, 0) is 23.7 Å². The summed E-state index contributed by atoms with van der Waals surface area (Å²) in [6.07, 6.45) is 32.3. The Morgan fingerprint density at radius 1 is 0.500 bits per heavy atom. The largest absolute Gasteiger partial charge is 0.394 e. The second-order valence-corrected chi connectivity index (χ2v) is 20.4. The Kier molecular flexibility index (Phi) is 39.5. The Morgan fingerprint density at radius 3 is 1.40 bits per heavy atom. The maximum Gasteiger partial charge on any atom is 0.220 e. The van der Waals surface area contributed by atoms with Gasteiger partial charge >= 0.3 is 0 Å². The fraction of sp³-hybridized carbons (Fsp3) is 0.911. The van der Waals surface area contributed by atoms with E-state index in [0.29, 0.717) is 6.42 Å². The van der Waals surface area contributed by atoms with E-state index >= 15 is 0 Å². The van der Waals surface area contributed by atoms with Crippen molar-refractivity contribution < 1.29 is 64.6 Å². The van der Waals surface area contributed by atoms with E-state index in [0.717, 1.165) is 57.8 Å². The molecule has 2 fully saturated rings. The van der Waals surface area contributed by atoms with E-state index in [-0.39, 0.29) is 18.9 Å². The van der Waals surface area contributed by atoms with Gasteiger partial charge in [-0.05, 0) is 38.5 Å². The first-order chi connectivity index (χ1) is 34.1. The predicted octanol–water partition coefficient (Wildman–Crippen LogP) is 8.89. The van der Waals surface area contributed by atoms with E-state index in [9.17, 15) is 45.6 Å². The van der Waals surface area contributed by atoms with Crippen molar-refractivity contribution in [3.05, 3.63) is 24.3 Å². The van der Waals surface area contributed by atoms with Gasteiger partial charge < -0.3 is 65.1 Å². The van der Waals surface area contributed by atoms with Crippen LogP contribution in [0.5, 0.6) is 0 Å². The van der Waals surface area contributed by atoms with Crippen LogP contribution >= 0.6 is 0 Å². The van der Waals surface area contributed by atoms with Crippen LogP contribution in [0.2, 0.25) is 0 Å². The van der Waals surface area contributed by atoms with Crippen molar-refractivity contribution >= 4 is 5.91 Å². The minimum absolute atomic E-state index is 0.249. The molecule has 9 N–H and O–H groups in total. The number of rotatable bonds is 45. The average Bonchev–Trinajstić information content (AvgIpc) is 3.36. The van der Waals surface area contributed by atoms with Crippen LogP contribution in [-0.4, -0.2) is 140 Å². The van der Waals surface area contributed by atoms with E-state index in [1.54, 1.807) is 6.08 Å². The molecular formula is C56H105NO13. The molecule has 0 bridgehead atoms. The summed E-state index contributed by atoms with van der Waals surface area (Å²) in [4.78, 5) is 13.2. The van der Waals surface area contributed by atoms with Gasteiger partial charge in [-0.25, -0.2) is 0 Å². The van der Waals surface area contributed by atoms with E-state index in [1.165, 1.54) is 148 Å². The minimum Gasteiger partial charge on any atom is -0.394 e. The maximum atomic E-state index is 13.2. The van der Waals surface area contributed by atoms with Crippen LogP contribution in [0.4, 0.5) is 0 Å². The second kappa shape index (κ2) is 42.8. The third-order valence-corrected chi connectivity index (χ3v) is 14.1. The summed E-state index contributed by atoms with van der Waals surface area (Å²) >= 11 is 0. The van der Waals surface area contributed by atoms with Gasteiger partial charge in [0, 0.05) is 6.42 Å². The van der Waals surface area contributed by atoms with Gasteiger partial charge in [-0.2, -0.15) is 0 Å². The van der Waals surface area contributed by atoms with E-state index < -0.39 is 86.8 Å². The van der Waals surface area contributed by atoms with Gasteiger partial charge in [0.05, 0.1) is 32.0 Å². The molecule has 0 aromatic rings. The molecule has 2 aliphatic heterocycles. The third kappa shape index (κ3) is 28.8. The average molecular weight is 1000 g/mol. The molecule has 14 nitrogen and oxygen atoms in total. The molecule has 0 radical (unpaired) electrons. The smallest absolute Gasteiger partial charge is 0.220 e. The molecule has 1 amide bonds. The number of amides is 1. The highest BCUT2D eigenvalue weighted by atomic mass is 16.7. The standard InChI is InChI=1S/C56H105NO13/c1-3-5-7-9-11-13-15-16-17-18-19-20-21-22-23-24-25-26-27-28-30-31-33-35-37-39-45(60)44(57-48(61)40-38-36-34-32-29-14-12-10-8-6-4-2)43-67-55-53(66)51(64)54(47(42-59)69-55)70-56-52(65)50(63)49(62)46(41-58)68-56/h10,12,37,39,44-47,49-56,58-60,62-66H,3-9,11,13-36,38,40-43H2,1-2H3,(H,57,61)/b12-10-,39-37+. The number of carbonyl (C=O) groups is 1. The molecule has 0 aromatic heterocycles. The number of hydrogen-bond donors (Lipinski definition) is 9. The molecule has 412 valence electrons. The zero-order valence-electron chi connectivity index (χ0n) is 44.0. The van der Waals surface area contributed by atoms with Crippen molar-refractivity contribution in [3.8, 4) is 0 Å². The molecule has 0 spiro atoms. The Morgan fingerprint density at radius 2 is 0.914 bits per heavy atom. The van der Waals surface area contributed by atoms with Gasteiger partial charge in [0.15, 0.2) is 12.6 Å². The summed E-state index contributed by atoms with van der Waals surface area (Å²) in [5.41, 5.74) is 0. The lowest BCUT2D eigenvalue weighted by atomic mass is 9.97. The molecule has 0 aliphatic carbocycles. The summed E-state index contributed by atoms with van der Waals surface area (Å²) in [6, 6.07) is -0.916. The molecule has 0 aromatic carbocycles. The third-order valence-electron chi connectivity index (χ3n) is 14.1. The zero-order chi connectivity index (χ0) is 51.0. The van der Waals surface area contributed by atoms with E-state index in [1.807, 2.05) is 6.08 Å². The minimum atomic E-state index is -1.79. The van der Waals surface area contributed by atoms with Gasteiger partial charge in [0.2, 0.25) is 5.91 Å². The molecule has 14 heteroatoms. The quantitative estimate of drug-likeness (QED) is 0.0205. The zero-order valence-corrected chi connectivity index (χ0v) is 44.0. The number of allylic oxidation sites excluding steroid dienone is 3. The van der Waals surface area contributed by atoms with Gasteiger partial charge in [-0.1, -0.05) is 212 Å². The summed E-state index contributed by atoms with van der Waals surface area (Å²) in [5, 5.41) is 86.9. The van der Waals surface area contributed by atoms with Crippen molar-refractivity contribution in [1.82, 2.24) is 5.32 Å². The van der Waals surface area contributed by atoms with Gasteiger partial charge in [-0.3, -0.25) is 4.79 Å². The molecule has 0 saturated carbocycles. The summed E-state index contributed by atoms with van der Waals surface area (Å²) in [6.45, 7) is 2.76. The van der Waals surface area contributed by atoms with E-state index in [2.05, 4.69) is 31.3 Å². The lowest BCUT2D eigenvalue weighted by molar-refractivity contribution is -0.359. The molecule has 2 heterocycles. The van der Waals surface area contributed by atoms with Crippen LogP contribution in [0.25, 0.3) is 0 Å². The Balaban J connectivity index is 1.74. The molecule has 12 atom stereocenters. The Bertz CT molecular complexity index is 1270. The number of ether oxygens (including phenoxy) is 4. The summed E-state index contributed by atoms with van der Waals surface area (Å²) in [5.74, 6) is -0.249. The molecule has 2 rings (SSSR count). The van der Waals surface area contributed by atoms with Crippen LogP contribution in [0.3, 0.4) is 0 Å². The lowest BCUT2D eigenvalue weighted by Crippen LogP contribution is -2.65. The molecule has 2 saturated heterocycles. The highest BCUT2D eigenvalue weighted by Crippen LogP contribution is 2.30. The maximum absolute atomic E-state index is 13.2. The van der Waals surface area contributed by atoms with Crippen molar-refractivity contribution in [2.24, 2.45) is 0 Å². The lowest BCUT2D eigenvalue weighted by Gasteiger charge is -2.46. The van der Waals surface area contributed by atoms with Crippen LogP contribution < -0.4 is 5.32 Å². The number of aliphatic hydroxyl groups excluding tert-OH is 8. The van der Waals surface area contributed by atoms with Crippen LogP contribution in [0.15, 0.2) is 24.3 Å². The van der Waals surface area contributed by atoms with Crippen molar-refractivity contribution in [3.63, 3.8) is 0 Å². The highest BCUT2D eigenvalue weighted by molar-refractivity contribution is 5.76. The topological polar surface area (TPSA) is 228 Å². The first kappa shape index (κ1) is 64.6. The summed E-state index contributed by atoms with van der Waals surface area (Å²) < 4.78 is 22.7. The van der Waals surface area contributed by atoms with Crippen LogP contribution in [0, 0.1) is 0 Å². The van der Waals surface area contributed by atoms with Gasteiger partial charge in [0.1, 0.15) is 48.8 Å². The molecule has 70 heavy (non-hydrogen) atoms. The van der Waals surface area contributed by atoms with E-state index in [4.69, 9.17) is 18.9 Å². The number of hydrogen-bond acceptors (Lipinski definition) is 13. The van der Waals surface area contributed by atoms with Crippen molar-refractivity contribution in [2.45, 2.75) is 306 Å². The number of unbranched alkanes of at least 4 members (excludes halogenated alkanes) is 30. The van der Waals surface area contributed by atoms with Crippen LogP contribution in [0.1, 0.15) is 232 Å². The normalized spacial score (nSPS) is 26.1. The second-order valence-electron chi connectivity index (χ2n) is 20.4. The van der Waals surface area contributed by atoms with Crippen molar-refractivity contribution in [2.75, 3.05) is 19.8 Å². The number of carbonyl (C=O) groups excluding carboxylic acids is 1. The molecular weight excluding hydrogens is 895 g/mol. The van der Waals surface area contributed by atoms with Gasteiger partial charge in [-0.15, -0.1) is 0 Å². The van der Waals surface area contributed by atoms with Gasteiger partial charge in [0.25, 0.3) is 0 Å². The summed E-state index contributed by atoms with van der Waals surface area (Å²) in [7, 11) is 0. The highest BCUT2D eigenvalue weighted by Gasteiger charge is 2.51.